The zero-order chi connectivity index (χ0) is 16.4. The first-order valence-electron chi connectivity index (χ1n) is 7.84. The first kappa shape index (κ1) is 15.8. The molecule has 0 fully saturated rings. The topological polar surface area (TPSA) is 17.1 Å². The van der Waals surface area contributed by atoms with Crippen molar-refractivity contribution in [3.63, 3.8) is 0 Å². The van der Waals surface area contributed by atoms with E-state index in [-0.39, 0.29) is 0 Å². The Morgan fingerprint density at radius 1 is 0.522 bits per heavy atom. The van der Waals surface area contributed by atoms with E-state index in [2.05, 4.69) is 0 Å². The van der Waals surface area contributed by atoms with Crippen LogP contribution < -0.4 is 15.9 Å². The van der Waals surface area contributed by atoms with Crippen LogP contribution >= 0.6 is 7.14 Å². The predicted octanol–water partition coefficient (Wildman–Crippen LogP) is 4.25. The predicted molar refractivity (Wildman–Crippen MR) is 100 cm³/mol. The lowest BCUT2D eigenvalue weighted by Crippen LogP contribution is -2.29. The van der Waals surface area contributed by atoms with Crippen molar-refractivity contribution in [1.82, 2.24) is 0 Å². The summed E-state index contributed by atoms with van der Waals surface area (Å²) >= 11 is 0. The summed E-state index contributed by atoms with van der Waals surface area (Å²) < 4.78 is 14.5. The zero-order valence-corrected chi connectivity index (χ0v) is 14.7. The van der Waals surface area contributed by atoms with Gasteiger partial charge in [0, 0.05) is 15.9 Å². The van der Waals surface area contributed by atoms with Crippen molar-refractivity contribution < 1.29 is 4.57 Å². The molecule has 0 atom stereocenters. The lowest BCUT2D eigenvalue weighted by molar-refractivity contribution is 0.592. The molecule has 3 aromatic carbocycles. The second-order valence-electron chi connectivity index (χ2n) is 5.97. The Labute approximate surface area is 138 Å². The molecule has 2 heteroatoms. The molecule has 1 nitrogen and oxygen atoms in total. The summed E-state index contributed by atoms with van der Waals surface area (Å²) in [6.45, 7) is 6.12. The van der Waals surface area contributed by atoms with Gasteiger partial charge in [-0.2, -0.15) is 0 Å². The van der Waals surface area contributed by atoms with Crippen LogP contribution in [0, 0.1) is 20.8 Å². The summed E-state index contributed by atoms with van der Waals surface area (Å²) in [6.07, 6.45) is 0. The van der Waals surface area contributed by atoms with Crippen molar-refractivity contribution in [3.8, 4) is 0 Å². The van der Waals surface area contributed by atoms with Crippen molar-refractivity contribution in [2.45, 2.75) is 20.8 Å². The average Bonchev–Trinajstić information content (AvgIpc) is 2.55. The smallest absolute Gasteiger partial charge is 0.171 e. The number of hydrogen-bond acceptors (Lipinski definition) is 1. The Bertz CT molecular complexity index is 778. The molecule has 0 amide bonds. The highest BCUT2D eigenvalue weighted by Crippen LogP contribution is 2.44. The van der Waals surface area contributed by atoms with Crippen molar-refractivity contribution in [2.75, 3.05) is 0 Å². The molecule has 0 spiro atoms. The molecule has 3 rings (SSSR count). The maximum Gasteiger partial charge on any atom is 0.171 e. The summed E-state index contributed by atoms with van der Waals surface area (Å²) in [4.78, 5) is 0. The Morgan fingerprint density at radius 2 is 0.783 bits per heavy atom. The van der Waals surface area contributed by atoms with Gasteiger partial charge in [-0.05, 0) is 37.5 Å². The van der Waals surface area contributed by atoms with Crippen molar-refractivity contribution in [3.05, 3.63) is 89.5 Å². The van der Waals surface area contributed by atoms with E-state index in [1.54, 1.807) is 0 Å². The first-order chi connectivity index (χ1) is 11.0. The minimum atomic E-state index is -2.89. The van der Waals surface area contributed by atoms with Gasteiger partial charge in [-0.3, -0.25) is 0 Å². The molecule has 0 radical (unpaired) electrons. The molecule has 3 aromatic rings. The van der Waals surface area contributed by atoms with Crippen molar-refractivity contribution in [2.24, 2.45) is 0 Å². The third-order valence-electron chi connectivity index (χ3n) is 4.36. The minimum absolute atomic E-state index is 0.934. The van der Waals surface area contributed by atoms with Crippen LogP contribution in [0.4, 0.5) is 0 Å². The van der Waals surface area contributed by atoms with Crippen LogP contribution in [0.3, 0.4) is 0 Å². The van der Waals surface area contributed by atoms with E-state index in [1.165, 1.54) is 0 Å². The standard InChI is InChI=1S/C21H21OP/c1-16-10-4-7-13-19(16)23(22,20-14-8-5-11-17(20)2)21-15-9-6-12-18(21)3/h4-15H,1-3H3. The summed E-state index contributed by atoms with van der Waals surface area (Å²) in [6, 6.07) is 24.1. The largest absolute Gasteiger partial charge is 0.309 e. The molecule has 116 valence electrons. The molecule has 0 aromatic heterocycles. The Morgan fingerprint density at radius 3 is 1.04 bits per heavy atom. The van der Waals surface area contributed by atoms with E-state index < -0.39 is 7.14 Å². The van der Waals surface area contributed by atoms with Gasteiger partial charge in [0.25, 0.3) is 0 Å². The van der Waals surface area contributed by atoms with E-state index in [9.17, 15) is 4.57 Å². The molecule has 0 bridgehead atoms. The van der Waals surface area contributed by atoms with E-state index in [0.717, 1.165) is 32.6 Å². The van der Waals surface area contributed by atoms with Crippen LogP contribution in [-0.4, -0.2) is 0 Å². The number of aryl methyl sites for hydroxylation is 3. The number of hydrogen-bond donors (Lipinski definition) is 0. The highest BCUT2D eigenvalue weighted by atomic mass is 31.2. The van der Waals surface area contributed by atoms with Crippen molar-refractivity contribution >= 4 is 23.1 Å². The molecule has 0 heterocycles. The zero-order valence-electron chi connectivity index (χ0n) is 13.8. The van der Waals surface area contributed by atoms with Crippen LogP contribution in [0.1, 0.15) is 16.7 Å². The second kappa shape index (κ2) is 6.18. The van der Waals surface area contributed by atoms with Gasteiger partial charge in [0.2, 0.25) is 0 Å². The lowest BCUT2D eigenvalue weighted by Gasteiger charge is -2.24. The fraction of sp³-hybridized carbons (Fsp3) is 0.143. The summed E-state index contributed by atoms with van der Waals surface area (Å²) in [5.74, 6) is 0. The van der Waals surface area contributed by atoms with Gasteiger partial charge in [0.1, 0.15) is 0 Å². The highest BCUT2D eigenvalue weighted by molar-refractivity contribution is 7.85. The number of rotatable bonds is 3. The number of benzene rings is 3. The van der Waals surface area contributed by atoms with Crippen LogP contribution in [0.15, 0.2) is 72.8 Å². The van der Waals surface area contributed by atoms with Gasteiger partial charge in [-0.15, -0.1) is 0 Å². The van der Waals surface area contributed by atoms with Gasteiger partial charge < -0.3 is 4.57 Å². The average molecular weight is 320 g/mol. The molecule has 0 saturated heterocycles. The van der Waals surface area contributed by atoms with E-state index >= 15 is 0 Å². The molecule has 0 aliphatic carbocycles. The monoisotopic (exact) mass is 320 g/mol. The van der Waals surface area contributed by atoms with Gasteiger partial charge in [0.05, 0.1) is 0 Å². The maximum absolute atomic E-state index is 14.5. The molecule has 0 N–H and O–H groups in total. The van der Waals surface area contributed by atoms with Crippen LogP contribution in [0.2, 0.25) is 0 Å². The van der Waals surface area contributed by atoms with Crippen molar-refractivity contribution in [1.29, 1.82) is 0 Å². The normalized spacial score (nSPS) is 11.4. The van der Waals surface area contributed by atoms with Gasteiger partial charge in [0.15, 0.2) is 7.14 Å². The maximum atomic E-state index is 14.5. The molecule has 0 unspecified atom stereocenters. The van der Waals surface area contributed by atoms with E-state index in [1.807, 2.05) is 93.6 Å². The first-order valence-corrected chi connectivity index (χ1v) is 9.54. The van der Waals surface area contributed by atoms with E-state index in [0.29, 0.717) is 0 Å². The fourth-order valence-corrected chi connectivity index (χ4v) is 6.52. The van der Waals surface area contributed by atoms with E-state index in [4.69, 9.17) is 0 Å². The summed E-state index contributed by atoms with van der Waals surface area (Å²) in [7, 11) is -2.89. The third-order valence-corrected chi connectivity index (χ3v) is 7.90. The fourth-order valence-electron chi connectivity index (χ4n) is 3.14. The van der Waals surface area contributed by atoms with Crippen LogP contribution in [-0.2, 0) is 4.57 Å². The van der Waals surface area contributed by atoms with Crippen LogP contribution in [0.5, 0.6) is 0 Å². The summed E-state index contributed by atoms with van der Waals surface area (Å²) in [5, 5.41) is 2.80. The molecule has 0 saturated carbocycles. The molecular weight excluding hydrogens is 299 g/mol. The second-order valence-corrected chi connectivity index (χ2v) is 8.63. The Hall–Kier alpha value is -2.11. The van der Waals surface area contributed by atoms with Gasteiger partial charge in [-0.1, -0.05) is 72.8 Å². The van der Waals surface area contributed by atoms with Gasteiger partial charge in [-0.25, -0.2) is 0 Å². The van der Waals surface area contributed by atoms with Gasteiger partial charge >= 0.3 is 0 Å². The van der Waals surface area contributed by atoms with Crippen LogP contribution in [0.25, 0.3) is 0 Å². The quantitative estimate of drug-likeness (QED) is 0.659. The lowest BCUT2D eigenvalue weighted by atomic mass is 10.2. The molecule has 0 aliphatic rings. The molecular formula is C21H21OP. The third kappa shape index (κ3) is 2.66. The Kier molecular flexibility index (Phi) is 4.24. The summed E-state index contributed by atoms with van der Waals surface area (Å²) in [5.41, 5.74) is 3.21. The Balaban J connectivity index is 2.41. The molecule has 23 heavy (non-hydrogen) atoms. The SMILES string of the molecule is Cc1ccccc1P(=O)(c1ccccc1C)c1ccccc1C. The highest BCUT2D eigenvalue weighted by Gasteiger charge is 2.33. The molecule has 0 aliphatic heterocycles. The minimum Gasteiger partial charge on any atom is -0.309 e.